The predicted molar refractivity (Wildman–Crippen MR) is 84.1 cm³/mol. The molecule has 0 saturated heterocycles. The Bertz CT molecular complexity index is 857. The fraction of sp³-hybridized carbons (Fsp3) is 0.353. The number of nitrogens with one attached hydrogen (secondary N) is 1. The second kappa shape index (κ2) is 6.34. The molecule has 1 saturated carbocycles. The third kappa shape index (κ3) is 3.89. The van der Waals surface area contributed by atoms with Crippen LogP contribution < -0.4 is 5.56 Å². The van der Waals surface area contributed by atoms with E-state index in [0.717, 1.165) is 25.0 Å². The average Bonchev–Trinajstić information content (AvgIpc) is 3.38. The Morgan fingerprint density at radius 3 is 2.68 bits per heavy atom. The Hall–Kier alpha value is -2.64. The predicted octanol–water partition coefficient (Wildman–Crippen LogP) is 2.94. The molecule has 132 valence electrons. The normalized spacial score (nSPS) is 14.4. The Morgan fingerprint density at radius 2 is 2.08 bits per heavy atom. The van der Waals surface area contributed by atoms with Gasteiger partial charge in [0.1, 0.15) is 11.4 Å². The molecule has 1 aliphatic carbocycles. The summed E-state index contributed by atoms with van der Waals surface area (Å²) in [5, 5.41) is 0. The number of hydrogen-bond donors (Lipinski definition) is 1. The standard InChI is InChI=1S/C17H16F3N3O2/c1-23(9-10-3-2-4-12(7-10)17(18,19)20)16(25)13-8-21-14(11-5-6-11)22-15(13)24/h2-4,7-8,11H,5-6,9H2,1H3,(H,21,22,24). The maximum absolute atomic E-state index is 12.8. The van der Waals surface area contributed by atoms with Crippen molar-refractivity contribution in [3.8, 4) is 0 Å². The van der Waals surface area contributed by atoms with E-state index in [-0.39, 0.29) is 18.0 Å². The van der Waals surface area contributed by atoms with Crippen LogP contribution in [0.15, 0.2) is 35.3 Å². The number of aromatic nitrogens is 2. The number of rotatable bonds is 4. The number of carbonyl (C=O) groups is 1. The summed E-state index contributed by atoms with van der Waals surface area (Å²) in [5.74, 6) is 0.232. The zero-order chi connectivity index (χ0) is 18.2. The Balaban J connectivity index is 1.76. The summed E-state index contributed by atoms with van der Waals surface area (Å²) in [7, 11) is 1.43. The molecule has 0 unspecified atom stereocenters. The van der Waals surface area contributed by atoms with Crippen LogP contribution in [0.5, 0.6) is 0 Å². The van der Waals surface area contributed by atoms with Crippen LogP contribution in [0.2, 0.25) is 0 Å². The number of benzene rings is 1. The third-order valence-corrected chi connectivity index (χ3v) is 4.03. The molecule has 2 aromatic rings. The van der Waals surface area contributed by atoms with Crippen molar-refractivity contribution in [3.63, 3.8) is 0 Å². The van der Waals surface area contributed by atoms with Crippen LogP contribution >= 0.6 is 0 Å². The largest absolute Gasteiger partial charge is 0.416 e. The lowest BCUT2D eigenvalue weighted by atomic mass is 10.1. The lowest BCUT2D eigenvalue weighted by Gasteiger charge is -2.18. The van der Waals surface area contributed by atoms with Crippen molar-refractivity contribution in [2.45, 2.75) is 31.5 Å². The molecule has 1 amide bonds. The summed E-state index contributed by atoms with van der Waals surface area (Å²) in [4.78, 5) is 32.4. The first-order chi connectivity index (χ1) is 11.8. The Kier molecular flexibility index (Phi) is 4.36. The number of aromatic amines is 1. The fourth-order valence-corrected chi connectivity index (χ4v) is 2.52. The molecule has 1 aliphatic rings. The van der Waals surface area contributed by atoms with Gasteiger partial charge in [0.25, 0.3) is 11.5 Å². The van der Waals surface area contributed by atoms with Gasteiger partial charge in [-0.3, -0.25) is 9.59 Å². The van der Waals surface area contributed by atoms with Gasteiger partial charge in [-0.2, -0.15) is 13.2 Å². The van der Waals surface area contributed by atoms with Crippen LogP contribution in [0.3, 0.4) is 0 Å². The molecule has 0 atom stereocenters. The molecule has 8 heteroatoms. The van der Waals surface area contributed by atoms with Crippen LogP contribution in [-0.2, 0) is 12.7 Å². The minimum absolute atomic E-state index is 0.0490. The molecule has 5 nitrogen and oxygen atoms in total. The van der Waals surface area contributed by atoms with Crippen LogP contribution in [0.1, 0.15) is 46.1 Å². The van der Waals surface area contributed by atoms with Crippen molar-refractivity contribution >= 4 is 5.91 Å². The number of alkyl halides is 3. The smallest absolute Gasteiger partial charge is 0.337 e. The second-order valence-electron chi connectivity index (χ2n) is 6.14. The summed E-state index contributed by atoms with van der Waals surface area (Å²) in [6, 6.07) is 4.74. The van der Waals surface area contributed by atoms with E-state index in [4.69, 9.17) is 0 Å². The third-order valence-electron chi connectivity index (χ3n) is 4.03. The van der Waals surface area contributed by atoms with E-state index in [2.05, 4.69) is 9.97 Å². The van der Waals surface area contributed by atoms with Crippen molar-refractivity contribution < 1.29 is 18.0 Å². The van der Waals surface area contributed by atoms with Crippen LogP contribution in [-0.4, -0.2) is 27.8 Å². The summed E-state index contributed by atoms with van der Waals surface area (Å²) in [6.07, 6.45) is -1.28. The number of H-pyrrole nitrogens is 1. The minimum atomic E-state index is -4.45. The van der Waals surface area contributed by atoms with Gasteiger partial charge >= 0.3 is 6.18 Å². The van der Waals surface area contributed by atoms with Crippen LogP contribution in [0.4, 0.5) is 13.2 Å². The van der Waals surface area contributed by atoms with Crippen molar-refractivity contribution in [1.82, 2.24) is 14.9 Å². The fourth-order valence-electron chi connectivity index (χ4n) is 2.52. The van der Waals surface area contributed by atoms with Crippen molar-refractivity contribution in [3.05, 3.63) is 63.3 Å². The first-order valence-electron chi connectivity index (χ1n) is 7.76. The van der Waals surface area contributed by atoms with Gasteiger partial charge < -0.3 is 9.88 Å². The number of nitrogens with zero attached hydrogens (tertiary/aromatic N) is 2. The first-order valence-corrected chi connectivity index (χ1v) is 7.76. The topological polar surface area (TPSA) is 66.1 Å². The number of amides is 1. The summed E-state index contributed by atoms with van der Waals surface area (Å²) < 4.78 is 38.3. The quantitative estimate of drug-likeness (QED) is 0.921. The van der Waals surface area contributed by atoms with Crippen molar-refractivity contribution in [2.75, 3.05) is 7.05 Å². The highest BCUT2D eigenvalue weighted by Gasteiger charge is 2.30. The zero-order valence-corrected chi connectivity index (χ0v) is 13.4. The highest BCUT2D eigenvalue weighted by atomic mass is 19.4. The van der Waals surface area contributed by atoms with Gasteiger partial charge in [-0.05, 0) is 30.5 Å². The molecular weight excluding hydrogens is 335 g/mol. The first kappa shape index (κ1) is 17.2. The number of hydrogen-bond acceptors (Lipinski definition) is 3. The van der Waals surface area contributed by atoms with Crippen LogP contribution in [0.25, 0.3) is 0 Å². The molecule has 1 aromatic heterocycles. The molecule has 3 rings (SSSR count). The Morgan fingerprint density at radius 1 is 1.36 bits per heavy atom. The molecule has 0 aliphatic heterocycles. The van der Waals surface area contributed by atoms with Crippen molar-refractivity contribution in [2.24, 2.45) is 0 Å². The summed E-state index contributed by atoms with van der Waals surface area (Å²) in [5.41, 5.74) is -1.11. The van der Waals surface area contributed by atoms with Gasteiger partial charge in [-0.15, -0.1) is 0 Å². The van der Waals surface area contributed by atoms with E-state index in [1.807, 2.05) is 0 Å². The van der Waals surface area contributed by atoms with E-state index in [1.165, 1.54) is 30.3 Å². The Labute approximate surface area is 141 Å². The van der Waals surface area contributed by atoms with Gasteiger partial charge in [0.2, 0.25) is 0 Å². The number of halogens is 3. The molecule has 1 N–H and O–H groups in total. The summed E-state index contributed by atoms with van der Waals surface area (Å²) >= 11 is 0. The van der Waals surface area contributed by atoms with Gasteiger partial charge in [0, 0.05) is 25.7 Å². The van der Waals surface area contributed by atoms with Crippen LogP contribution in [0, 0.1) is 0 Å². The van der Waals surface area contributed by atoms with Gasteiger partial charge in [0.05, 0.1) is 5.56 Å². The lowest BCUT2D eigenvalue weighted by molar-refractivity contribution is -0.137. The molecule has 0 radical (unpaired) electrons. The zero-order valence-electron chi connectivity index (χ0n) is 13.4. The molecule has 1 aromatic carbocycles. The minimum Gasteiger partial charge on any atom is -0.337 e. The molecule has 25 heavy (non-hydrogen) atoms. The number of carbonyl (C=O) groups excluding carboxylic acids is 1. The molecule has 0 bridgehead atoms. The maximum atomic E-state index is 12.8. The van der Waals surface area contributed by atoms with E-state index < -0.39 is 23.2 Å². The summed E-state index contributed by atoms with van der Waals surface area (Å²) in [6.45, 7) is -0.0490. The molecule has 1 heterocycles. The van der Waals surface area contributed by atoms with Crippen molar-refractivity contribution in [1.29, 1.82) is 0 Å². The lowest BCUT2D eigenvalue weighted by Crippen LogP contribution is -2.32. The van der Waals surface area contributed by atoms with E-state index in [1.54, 1.807) is 0 Å². The molecular formula is C17H16F3N3O2. The molecule has 0 spiro atoms. The SMILES string of the molecule is CN(Cc1cccc(C(F)(F)F)c1)C(=O)c1cnc(C2CC2)[nH]c1=O. The molecule has 1 fully saturated rings. The highest BCUT2D eigenvalue weighted by Crippen LogP contribution is 2.37. The van der Waals surface area contributed by atoms with E-state index >= 15 is 0 Å². The maximum Gasteiger partial charge on any atom is 0.416 e. The average molecular weight is 351 g/mol. The second-order valence-corrected chi connectivity index (χ2v) is 6.14. The van der Waals surface area contributed by atoms with E-state index in [0.29, 0.717) is 11.4 Å². The van der Waals surface area contributed by atoms with Gasteiger partial charge in [0.15, 0.2) is 0 Å². The van der Waals surface area contributed by atoms with Gasteiger partial charge in [-0.1, -0.05) is 12.1 Å². The van der Waals surface area contributed by atoms with Gasteiger partial charge in [-0.25, -0.2) is 4.98 Å². The van der Waals surface area contributed by atoms with E-state index in [9.17, 15) is 22.8 Å². The monoisotopic (exact) mass is 351 g/mol. The highest BCUT2D eigenvalue weighted by molar-refractivity contribution is 5.93.